The molecule has 0 radical (unpaired) electrons. The van der Waals surface area contributed by atoms with Gasteiger partial charge in [-0.3, -0.25) is 14.7 Å². The molecule has 2 heterocycles. The summed E-state index contributed by atoms with van der Waals surface area (Å²) >= 11 is 0. The maximum absolute atomic E-state index is 12.4. The first-order valence-electron chi connectivity index (χ1n) is 8.98. The summed E-state index contributed by atoms with van der Waals surface area (Å²) in [7, 11) is 0. The van der Waals surface area contributed by atoms with E-state index in [0.717, 1.165) is 22.5 Å². The van der Waals surface area contributed by atoms with Crippen LogP contribution in [0.15, 0.2) is 60.8 Å². The first kappa shape index (κ1) is 17.0. The van der Waals surface area contributed by atoms with Crippen LogP contribution in [-0.2, 0) is 16.0 Å². The van der Waals surface area contributed by atoms with Gasteiger partial charge in [0.15, 0.2) is 0 Å². The molecule has 0 fully saturated rings. The van der Waals surface area contributed by atoms with Crippen LogP contribution < -0.4 is 10.6 Å². The number of rotatable bonds is 5. The Balaban J connectivity index is 1.37. The molecule has 1 aliphatic heterocycles. The molecule has 1 aromatic heterocycles. The molecule has 6 heteroatoms. The van der Waals surface area contributed by atoms with Crippen molar-refractivity contribution in [2.45, 2.75) is 19.3 Å². The monoisotopic (exact) mass is 360 g/mol. The van der Waals surface area contributed by atoms with Crippen LogP contribution in [0, 0.1) is 5.92 Å². The molecule has 3 aromatic rings. The molecule has 136 valence electrons. The number of H-pyrrole nitrogens is 1. The van der Waals surface area contributed by atoms with Gasteiger partial charge in [-0.05, 0) is 24.5 Å². The summed E-state index contributed by atoms with van der Waals surface area (Å²) in [5, 5.41) is 12.8. The number of nitrogens with zero attached hydrogens (tertiary/aromatic N) is 1. The molecular weight excluding hydrogens is 340 g/mol. The summed E-state index contributed by atoms with van der Waals surface area (Å²) in [5.74, 6) is -0.335. The molecule has 1 aliphatic rings. The fourth-order valence-electron chi connectivity index (χ4n) is 3.37. The van der Waals surface area contributed by atoms with E-state index in [2.05, 4.69) is 20.8 Å². The predicted molar refractivity (Wildman–Crippen MR) is 104 cm³/mol. The van der Waals surface area contributed by atoms with Crippen molar-refractivity contribution in [3.05, 3.63) is 66.4 Å². The lowest BCUT2D eigenvalue weighted by molar-refractivity contribution is -0.121. The zero-order valence-corrected chi connectivity index (χ0v) is 14.7. The van der Waals surface area contributed by atoms with Gasteiger partial charge in [-0.15, -0.1) is 0 Å². The maximum atomic E-state index is 12.4. The Bertz CT molecular complexity index is 965. The van der Waals surface area contributed by atoms with Crippen molar-refractivity contribution in [3.8, 4) is 11.3 Å². The normalized spacial score (nSPS) is 15.7. The average molecular weight is 360 g/mol. The Morgan fingerprint density at radius 2 is 1.89 bits per heavy atom. The second kappa shape index (κ2) is 7.45. The minimum absolute atomic E-state index is 0.0187. The highest BCUT2D eigenvalue weighted by molar-refractivity contribution is 5.97. The van der Waals surface area contributed by atoms with E-state index in [1.165, 1.54) is 0 Å². The van der Waals surface area contributed by atoms with Crippen molar-refractivity contribution in [1.29, 1.82) is 0 Å². The van der Waals surface area contributed by atoms with E-state index in [9.17, 15) is 9.59 Å². The number of hydrogen-bond donors (Lipinski definition) is 3. The number of carbonyl (C=O) groups excluding carboxylic acids is 2. The van der Waals surface area contributed by atoms with Gasteiger partial charge in [0.25, 0.3) is 0 Å². The first-order valence-corrected chi connectivity index (χ1v) is 8.98. The summed E-state index contributed by atoms with van der Waals surface area (Å²) < 4.78 is 0. The number of nitrogens with one attached hydrogen (secondary N) is 3. The summed E-state index contributed by atoms with van der Waals surface area (Å²) in [4.78, 5) is 24.7. The minimum Gasteiger partial charge on any atom is -0.326 e. The molecule has 4 rings (SSSR count). The fourth-order valence-corrected chi connectivity index (χ4v) is 3.37. The third-order valence-corrected chi connectivity index (χ3v) is 4.81. The minimum atomic E-state index is -0.191. The molecule has 0 spiro atoms. The Labute approximate surface area is 157 Å². The summed E-state index contributed by atoms with van der Waals surface area (Å²) in [6.45, 7) is 0. The molecule has 2 amide bonds. The van der Waals surface area contributed by atoms with Crippen LogP contribution in [0.2, 0.25) is 0 Å². The van der Waals surface area contributed by atoms with Crippen molar-refractivity contribution in [2.75, 3.05) is 10.6 Å². The van der Waals surface area contributed by atoms with Gasteiger partial charge < -0.3 is 10.6 Å². The van der Waals surface area contributed by atoms with Crippen LogP contribution in [0.25, 0.3) is 11.3 Å². The number of fused-ring (bicyclic) bond motifs is 1. The number of aromatic nitrogens is 2. The molecule has 2 aromatic carbocycles. The van der Waals surface area contributed by atoms with Crippen molar-refractivity contribution in [2.24, 2.45) is 5.92 Å². The van der Waals surface area contributed by atoms with Crippen molar-refractivity contribution in [1.82, 2.24) is 10.2 Å². The zero-order chi connectivity index (χ0) is 18.6. The van der Waals surface area contributed by atoms with Crippen molar-refractivity contribution < 1.29 is 9.59 Å². The van der Waals surface area contributed by atoms with E-state index in [1.807, 2.05) is 54.6 Å². The van der Waals surface area contributed by atoms with E-state index < -0.39 is 0 Å². The van der Waals surface area contributed by atoms with E-state index in [-0.39, 0.29) is 24.2 Å². The number of carbonyl (C=O) groups is 2. The standard InChI is InChI=1S/C21H20N4O2/c26-19(23-18-13-22-25-20(18)14-6-2-1-3-7-14)11-10-16-12-15-8-4-5-9-17(15)24-21(16)27/h1-9,13,16H,10-12H2,(H,22,25)(H,23,26)(H,24,27). The second-order valence-electron chi connectivity index (χ2n) is 6.66. The third kappa shape index (κ3) is 3.74. The topological polar surface area (TPSA) is 86.9 Å². The quantitative estimate of drug-likeness (QED) is 0.650. The number of para-hydroxylation sites is 1. The Morgan fingerprint density at radius 3 is 2.74 bits per heavy atom. The van der Waals surface area contributed by atoms with Gasteiger partial charge >= 0.3 is 0 Å². The van der Waals surface area contributed by atoms with E-state index in [1.54, 1.807) is 6.20 Å². The van der Waals surface area contributed by atoms with Gasteiger partial charge in [0, 0.05) is 23.6 Å². The number of anilines is 2. The lowest BCUT2D eigenvalue weighted by Gasteiger charge is -2.24. The fraction of sp³-hybridized carbons (Fsp3) is 0.190. The Hall–Kier alpha value is -3.41. The lowest BCUT2D eigenvalue weighted by Crippen LogP contribution is -2.30. The van der Waals surface area contributed by atoms with Gasteiger partial charge in [-0.1, -0.05) is 48.5 Å². The van der Waals surface area contributed by atoms with Crippen LogP contribution >= 0.6 is 0 Å². The molecule has 0 saturated heterocycles. The number of amides is 2. The van der Waals surface area contributed by atoms with E-state index >= 15 is 0 Å². The summed E-state index contributed by atoms with van der Waals surface area (Å²) in [6.07, 6.45) is 3.05. The Morgan fingerprint density at radius 1 is 1.11 bits per heavy atom. The number of hydrogen-bond acceptors (Lipinski definition) is 3. The Kier molecular flexibility index (Phi) is 4.70. The van der Waals surface area contributed by atoms with E-state index in [4.69, 9.17) is 0 Å². The van der Waals surface area contributed by atoms with Crippen LogP contribution in [0.3, 0.4) is 0 Å². The highest BCUT2D eigenvalue weighted by atomic mass is 16.2. The molecule has 1 unspecified atom stereocenters. The van der Waals surface area contributed by atoms with Crippen LogP contribution in [0.4, 0.5) is 11.4 Å². The molecule has 3 N–H and O–H groups in total. The molecule has 27 heavy (non-hydrogen) atoms. The highest BCUT2D eigenvalue weighted by Crippen LogP contribution is 2.28. The predicted octanol–water partition coefficient (Wildman–Crippen LogP) is 3.61. The number of aromatic amines is 1. The zero-order valence-electron chi connectivity index (χ0n) is 14.7. The van der Waals surface area contributed by atoms with Crippen LogP contribution in [-0.4, -0.2) is 22.0 Å². The summed E-state index contributed by atoms with van der Waals surface area (Å²) in [5.41, 5.74) is 4.35. The van der Waals surface area contributed by atoms with Crippen LogP contribution in [0.1, 0.15) is 18.4 Å². The summed E-state index contributed by atoms with van der Waals surface area (Å²) in [6, 6.07) is 17.5. The van der Waals surface area contributed by atoms with Gasteiger partial charge in [0.2, 0.25) is 11.8 Å². The van der Waals surface area contributed by atoms with E-state index in [0.29, 0.717) is 18.5 Å². The lowest BCUT2D eigenvalue weighted by atomic mass is 9.89. The van der Waals surface area contributed by atoms with Gasteiger partial charge in [0.05, 0.1) is 17.6 Å². The average Bonchev–Trinajstić information content (AvgIpc) is 3.15. The van der Waals surface area contributed by atoms with Gasteiger partial charge in [0.1, 0.15) is 0 Å². The van der Waals surface area contributed by atoms with Crippen molar-refractivity contribution >= 4 is 23.2 Å². The first-order chi connectivity index (χ1) is 13.2. The molecule has 0 bridgehead atoms. The second-order valence-corrected chi connectivity index (χ2v) is 6.66. The highest BCUT2D eigenvalue weighted by Gasteiger charge is 2.26. The van der Waals surface area contributed by atoms with Crippen LogP contribution in [0.5, 0.6) is 0 Å². The molecule has 0 saturated carbocycles. The SMILES string of the molecule is O=C(CCC1Cc2ccccc2NC1=O)Nc1cn[nH]c1-c1ccccc1. The van der Waals surface area contributed by atoms with Gasteiger partial charge in [-0.25, -0.2) is 0 Å². The number of benzene rings is 2. The molecule has 0 aliphatic carbocycles. The largest absolute Gasteiger partial charge is 0.326 e. The van der Waals surface area contributed by atoms with Crippen molar-refractivity contribution in [3.63, 3.8) is 0 Å². The maximum Gasteiger partial charge on any atom is 0.227 e. The smallest absolute Gasteiger partial charge is 0.227 e. The molecular formula is C21H20N4O2. The molecule has 1 atom stereocenters. The van der Waals surface area contributed by atoms with Gasteiger partial charge in [-0.2, -0.15) is 5.10 Å². The third-order valence-electron chi connectivity index (χ3n) is 4.81. The molecule has 6 nitrogen and oxygen atoms in total.